The van der Waals surface area contributed by atoms with Crippen LogP contribution in [0.1, 0.15) is 20.8 Å². The molecule has 17 heteroatoms. The van der Waals surface area contributed by atoms with Crippen LogP contribution in [0.15, 0.2) is 12.2 Å². The highest BCUT2D eigenvalue weighted by atomic mass is 16.6. The maximum Gasteiger partial charge on any atom is 0.410 e. The van der Waals surface area contributed by atoms with E-state index in [0.29, 0.717) is 92.5 Å². The van der Waals surface area contributed by atoms with Gasteiger partial charge in [0, 0.05) is 25.8 Å². The van der Waals surface area contributed by atoms with E-state index in [1.807, 2.05) is 0 Å². The minimum absolute atomic E-state index is 0.0243. The lowest BCUT2D eigenvalue weighted by atomic mass is 10.2. The van der Waals surface area contributed by atoms with Crippen LogP contribution < -0.4 is 0 Å². The number of nitrogens with zero attached hydrogens (tertiary/aromatic N) is 2. The summed E-state index contributed by atoms with van der Waals surface area (Å²) in [6.07, 6.45) is 1.37. The van der Waals surface area contributed by atoms with Crippen molar-refractivity contribution in [1.82, 2.24) is 9.80 Å². The van der Waals surface area contributed by atoms with Gasteiger partial charge in [-0.1, -0.05) is 0 Å². The summed E-state index contributed by atoms with van der Waals surface area (Å²) in [5, 5.41) is 0. The molecule has 0 saturated carbocycles. The summed E-state index contributed by atoms with van der Waals surface area (Å²) < 4.78 is 58.7. The number of hydrogen-bond donors (Lipinski definition) is 0. The zero-order valence-electron chi connectivity index (χ0n) is 29.7. The first-order valence-corrected chi connectivity index (χ1v) is 16.3. The second-order valence-electron chi connectivity index (χ2n) is 11.2. The average Bonchev–Trinajstić information content (AvgIpc) is 3.39. The first-order chi connectivity index (χ1) is 23.6. The van der Waals surface area contributed by atoms with Crippen molar-refractivity contribution in [2.45, 2.75) is 32.4 Å². The first-order valence-electron chi connectivity index (χ1n) is 16.3. The van der Waals surface area contributed by atoms with Crippen molar-refractivity contribution < 1.29 is 71.3 Å². The standard InChI is InChI=1S/C32H56N2O15/c1-32(2,3)49-31(38)33(26-27(30(37)40-5)34-28(35)6-7-29(34)36)8-9-41-12-13-43-16-17-45-20-21-47-24-25-48-23-22-46-19-18-44-15-14-42-11-10-39-4/h6-7,27H,8-26H2,1-5H3/t27-/m0/s1. The molecule has 1 aliphatic heterocycles. The summed E-state index contributed by atoms with van der Waals surface area (Å²) in [5.74, 6) is -2.19. The van der Waals surface area contributed by atoms with Crippen LogP contribution in [0.3, 0.4) is 0 Å². The molecule has 3 amide bonds. The molecule has 49 heavy (non-hydrogen) atoms. The SMILES string of the molecule is COCCOCCOCCOCCOCCOCCOCCOCCOCCN(C[C@@H](C(=O)OC)N1C(=O)C=CC1=O)C(=O)OC(C)(C)C. The van der Waals surface area contributed by atoms with E-state index < -0.39 is 35.5 Å². The fourth-order valence-corrected chi connectivity index (χ4v) is 3.87. The lowest BCUT2D eigenvalue weighted by molar-refractivity contribution is -0.156. The van der Waals surface area contributed by atoms with Crippen molar-refractivity contribution in [2.75, 3.05) is 140 Å². The van der Waals surface area contributed by atoms with Gasteiger partial charge in [-0.05, 0) is 20.8 Å². The Morgan fingerprint density at radius 2 is 0.959 bits per heavy atom. The molecule has 0 aliphatic carbocycles. The summed E-state index contributed by atoms with van der Waals surface area (Å²) in [5.41, 5.74) is -0.818. The Kier molecular flexibility index (Phi) is 25.3. The van der Waals surface area contributed by atoms with Gasteiger partial charge in [0.2, 0.25) is 0 Å². The van der Waals surface area contributed by atoms with E-state index in [1.165, 1.54) is 4.90 Å². The normalized spacial score (nSPS) is 13.7. The molecule has 1 heterocycles. The monoisotopic (exact) mass is 708 g/mol. The first kappa shape index (κ1) is 44.3. The molecule has 0 radical (unpaired) electrons. The Bertz CT molecular complexity index is 926. The summed E-state index contributed by atoms with van der Waals surface area (Å²) >= 11 is 0. The average molecular weight is 709 g/mol. The molecular formula is C32H56N2O15. The van der Waals surface area contributed by atoms with Crippen LogP contribution in [0.5, 0.6) is 0 Å². The minimum Gasteiger partial charge on any atom is -0.467 e. The van der Waals surface area contributed by atoms with Crippen molar-refractivity contribution in [2.24, 2.45) is 0 Å². The molecule has 1 atom stereocenters. The van der Waals surface area contributed by atoms with Crippen LogP contribution >= 0.6 is 0 Å². The van der Waals surface area contributed by atoms with Gasteiger partial charge in [0.05, 0.1) is 126 Å². The summed E-state index contributed by atoms with van der Waals surface area (Å²) in [4.78, 5) is 51.7. The van der Waals surface area contributed by atoms with Crippen LogP contribution in [-0.4, -0.2) is 185 Å². The molecule has 1 rings (SSSR count). The van der Waals surface area contributed by atoms with Gasteiger partial charge in [-0.15, -0.1) is 0 Å². The molecule has 0 N–H and O–H groups in total. The molecule has 0 spiro atoms. The van der Waals surface area contributed by atoms with Gasteiger partial charge < -0.3 is 57.0 Å². The highest BCUT2D eigenvalue weighted by Gasteiger charge is 2.39. The van der Waals surface area contributed by atoms with Crippen LogP contribution in [0.2, 0.25) is 0 Å². The Balaban J connectivity index is 2.08. The summed E-state index contributed by atoms with van der Waals surface area (Å²) in [6, 6.07) is -1.35. The van der Waals surface area contributed by atoms with Crippen LogP contribution in [0.25, 0.3) is 0 Å². The molecule has 0 aromatic rings. The molecule has 1 aliphatic rings. The van der Waals surface area contributed by atoms with Gasteiger partial charge in [-0.2, -0.15) is 0 Å². The topological polar surface area (TPSA) is 176 Å². The Morgan fingerprint density at radius 1 is 0.612 bits per heavy atom. The number of imide groups is 1. The van der Waals surface area contributed by atoms with Gasteiger partial charge >= 0.3 is 12.1 Å². The second kappa shape index (κ2) is 28.0. The number of amides is 3. The number of carbonyl (C=O) groups excluding carboxylic acids is 4. The largest absolute Gasteiger partial charge is 0.467 e. The third-order valence-corrected chi connectivity index (χ3v) is 6.21. The molecular weight excluding hydrogens is 652 g/mol. The van der Waals surface area contributed by atoms with E-state index in [4.69, 9.17) is 52.1 Å². The Morgan fingerprint density at radius 3 is 1.29 bits per heavy atom. The quantitative estimate of drug-likeness (QED) is 0.0552. The number of ether oxygens (including phenoxy) is 11. The number of carbonyl (C=O) groups is 4. The summed E-state index contributed by atoms with van der Waals surface area (Å²) in [7, 11) is 2.76. The van der Waals surface area contributed by atoms with Crippen LogP contribution in [-0.2, 0) is 66.5 Å². The molecule has 0 aromatic carbocycles. The third kappa shape index (κ3) is 22.6. The van der Waals surface area contributed by atoms with Crippen molar-refractivity contribution in [3.05, 3.63) is 12.2 Å². The van der Waals surface area contributed by atoms with Crippen LogP contribution in [0, 0.1) is 0 Å². The predicted molar refractivity (Wildman–Crippen MR) is 173 cm³/mol. The van der Waals surface area contributed by atoms with E-state index >= 15 is 0 Å². The molecule has 0 fully saturated rings. The predicted octanol–water partition coefficient (Wildman–Crippen LogP) is 0.469. The van der Waals surface area contributed by atoms with Gasteiger partial charge in [-0.3, -0.25) is 14.5 Å². The molecule has 0 bridgehead atoms. The number of hydrogen-bond acceptors (Lipinski definition) is 15. The number of methoxy groups -OCH3 is 2. The molecule has 0 saturated heterocycles. The highest BCUT2D eigenvalue weighted by Crippen LogP contribution is 2.15. The fourth-order valence-electron chi connectivity index (χ4n) is 3.87. The second-order valence-corrected chi connectivity index (χ2v) is 11.2. The van der Waals surface area contributed by atoms with Crippen molar-refractivity contribution in [1.29, 1.82) is 0 Å². The maximum atomic E-state index is 12.9. The van der Waals surface area contributed by atoms with E-state index in [1.54, 1.807) is 27.9 Å². The molecule has 0 aromatic heterocycles. The van der Waals surface area contributed by atoms with E-state index in [2.05, 4.69) is 0 Å². The molecule has 0 unspecified atom stereocenters. The van der Waals surface area contributed by atoms with Gasteiger partial charge in [0.1, 0.15) is 5.60 Å². The lowest BCUT2D eigenvalue weighted by Gasteiger charge is -2.32. The Labute approximate surface area is 289 Å². The maximum absolute atomic E-state index is 12.9. The van der Waals surface area contributed by atoms with Crippen molar-refractivity contribution in [3.63, 3.8) is 0 Å². The van der Waals surface area contributed by atoms with Crippen LogP contribution in [0.4, 0.5) is 4.79 Å². The minimum atomic E-state index is -1.35. The number of rotatable bonds is 31. The smallest absolute Gasteiger partial charge is 0.410 e. The third-order valence-electron chi connectivity index (χ3n) is 6.21. The van der Waals surface area contributed by atoms with Crippen molar-refractivity contribution >= 4 is 23.9 Å². The summed E-state index contributed by atoms with van der Waals surface area (Å²) in [6.45, 7) is 12.0. The van der Waals surface area contributed by atoms with Gasteiger partial charge in [-0.25, -0.2) is 9.59 Å². The van der Waals surface area contributed by atoms with Crippen molar-refractivity contribution in [3.8, 4) is 0 Å². The number of esters is 1. The van der Waals surface area contributed by atoms with E-state index in [9.17, 15) is 19.2 Å². The zero-order valence-corrected chi connectivity index (χ0v) is 29.7. The Hall–Kier alpha value is -2.74. The van der Waals surface area contributed by atoms with E-state index in [0.717, 1.165) is 24.2 Å². The molecule has 284 valence electrons. The van der Waals surface area contributed by atoms with Gasteiger partial charge in [0.25, 0.3) is 11.8 Å². The van der Waals surface area contributed by atoms with E-state index in [-0.39, 0.29) is 32.9 Å². The highest BCUT2D eigenvalue weighted by molar-refractivity contribution is 6.14. The lowest BCUT2D eigenvalue weighted by Crippen LogP contribution is -2.53. The van der Waals surface area contributed by atoms with Gasteiger partial charge in [0.15, 0.2) is 6.04 Å². The molecule has 17 nitrogen and oxygen atoms in total. The fraction of sp³-hybridized carbons (Fsp3) is 0.812. The zero-order chi connectivity index (χ0) is 36.2.